The van der Waals surface area contributed by atoms with Crippen LogP contribution in [0, 0.1) is 0 Å². The number of unbranched alkanes of at least 4 members (excludes halogenated alkanes) is 1. The Morgan fingerprint density at radius 1 is 0.821 bits per heavy atom. The standard InChI is InChI=1S/C8H18O2.2C7H6O2/c1-3-4-5-8(10)6-7(2)9;2*8-7(9)6-4-2-1-3-5-6/h7-10H,3-6H2,1-2H3;2*1-5H,(H,8,9). The van der Waals surface area contributed by atoms with Gasteiger partial charge in [0.15, 0.2) is 0 Å². The summed E-state index contributed by atoms with van der Waals surface area (Å²) in [5, 5.41) is 34.8. The van der Waals surface area contributed by atoms with E-state index in [1.807, 2.05) is 0 Å². The Kier molecular flexibility index (Phi) is 13.9. The van der Waals surface area contributed by atoms with Gasteiger partial charge in [-0.2, -0.15) is 0 Å². The van der Waals surface area contributed by atoms with E-state index in [0.717, 1.165) is 19.3 Å². The van der Waals surface area contributed by atoms with Gasteiger partial charge >= 0.3 is 11.9 Å². The molecule has 0 aliphatic carbocycles. The van der Waals surface area contributed by atoms with Crippen LogP contribution in [-0.2, 0) is 0 Å². The molecule has 2 aromatic carbocycles. The third-order valence-corrected chi connectivity index (χ3v) is 3.55. The first-order valence-electron chi connectivity index (χ1n) is 9.20. The average molecular weight is 390 g/mol. The van der Waals surface area contributed by atoms with Gasteiger partial charge in [-0.1, -0.05) is 56.2 Å². The van der Waals surface area contributed by atoms with Crippen molar-refractivity contribution in [1.82, 2.24) is 0 Å². The van der Waals surface area contributed by atoms with Gasteiger partial charge in [-0.25, -0.2) is 9.59 Å². The molecule has 0 radical (unpaired) electrons. The average Bonchev–Trinajstić information content (AvgIpc) is 2.68. The molecule has 6 heteroatoms. The molecule has 2 rings (SSSR count). The second-order valence-corrected chi connectivity index (χ2v) is 6.22. The quantitative estimate of drug-likeness (QED) is 0.566. The molecule has 6 nitrogen and oxygen atoms in total. The van der Waals surface area contributed by atoms with Crippen LogP contribution in [0.15, 0.2) is 60.7 Å². The minimum Gasteiger partial charge on any atom is -0.478 e. The summed E-state index contributed by atoms with van der Waals surface area (Å²) in [5.74, 6) is -1.76. The van der Waals surface area contributed by atoms with Crippen LogP contribution < -0.4 is 0 Å². The highest BCUT2D eigenvalue weighted by molar-refractivity contribution is 5.87. The number of carbonyl (C=O) groups is 2. The van der Waals surface area contributed by atoms with E-state index in [4.69, 9.17) is 15.3 Å². The normalized spacial score (nSPS) is 11.7. The van der Waals surface area contributed by atoms with Crippen LogP contribution in [-0.4, -0.2) is 44.6 Å². The number of hydrogen-bond donors (Lipinski definition) is 4. The van der Waals surface area contributed by atoms with Gasteiger partial charge in [0.25, 0.3) is 0 Å². The second kappa shape index (κ2) is 15.4. The lowest BCUT2D eigenvalue weighted by Crippen LogP contribution is -2.14. The first-order chi connectivity index (χ1) is 13.3. The largest absolute Gasteiger partial charge is 0.478 e. The van der Waals surface area contributed by atoms with Gasteiger partial charge in [0.2, 0.25) is 0 Å². The van der Waals surface area contributed by atoms with E-state index in [-0.39, 0.29) is 12.2 Å². The molecule has 0 spiro atoms. The highest BCUT2D eigenvalue weighted by atomic mass is 16.4. The molecule has 0 bridgehead atoms. The number of aliphatic hydroxyl groups excluding tert-OH is 2. The molecule has 0 amide bonds. The van der Waals surface area contributed by atoms with E-state index in [0.29, 0.717) is 17.5 Å². The lowest BCUT2D eigenvalue weighted by atomic mass is 10.1. The smallest absolute Gasteiger partial charge is 0.335 e. The number of aliphatic hydroxyl groups is 2. The van der Waals surface area contributed by atoms with E-state index in [2.05, 4.69) is 6.92 Å². The number of hydrogen-bond acceptors (Lipinski definition) is 4. The molecule has 0 heterocycles. The molecule has 2 aromatic rings. The van der Waals surface area contributed by atoms with Crippen molar-refractivity contribution in [3.63, 3.8) is 0 Å². The van der Waals surface area contributed by atoms with Crippen molar-refractivity contribution in [2.45, 2.75) is 51.7 Å². The topological polar surface area (TPSA) is 115 Å². The van der Waals surface area contributed by atoms with Gasteiger partial charge < -0.3 is 20.4 Å². The molecule has 154 valence electrons. The number of rotatable bonds is 7. The van der Waals surface area contributed by atoms with Gasteiger partial charge in [0.05, 0.1) is 23.3 Å². The number of carboxylic acids is 2. The Bertz CT molecular complexity index is 606. The van der Waals surface area contributed by atoms with Crippen molar-refractivity contribution >= 4 is 11.9 Å². The number of aromatic carboxylic acids is 2. The predicted molar refractivity (Wildman–Crippen MR) is 109 cm³/mol. The summed E-state index contributed by atoms with van der Waals surface area (Å²) in [5.41, 5.74) is 0.662. The van der Waals surface area contributed by atoms with Crippen LogP contribution >= 0.6 is 0 Å². The van der Waals surface area contributed by atoms with Gasteiger partial charge in [-0.15, -0.1) is 0 Å². The lowest BCUT2D eigenvalue weighted by molar-refractivity contribution is 0.0686. The van der Waals surface area contributed by atoms with Gasteiger partial charge in [0, 0.05) is 0 Å². The maximum atomic E-state index is 10.2. The molecule has 0 saturated carbocycles. The van der Waals surface area contributed by atoms with Crippen molar-refractivity contribution in [2.75, 3.05) is 0 Å². The Morgan fingerprint density at radius 2 is 1.21 bits per heavy atom. The highest BCUT2D eigenvalue weighted by Crippen LogP contribution is 2.06. The maximum absolute atomic E-state index is 10.2. The van der Waals surface area contributed by atoms with Crippen molar-refractivity contribution in [3.8, 4) is 0 Å². The van der Waals surface area contributed by atoms with Crippen LogP contribution in [0.2, 0.25) is 0 Å². The molecule has 0 aliphatic rings. The summed E-state index contributed by atoms with van der Waals surface area (Å²) >= 11 is 0. The zero-order chi connectivity index (χ0) is 21.4. The number of benzene rings is 2. The van der Waals surface area contributed by atoms with Gasteiger partial charge in [-0.05, 0) is 44.0 Å². The molecule has 0 aromatic heterocycles. The van der Waals surface area contributed by atoms with Gasteiger partial charge in [0.1, 0.15) is 0 Å². The van der Waals surface area contributed by atoms with E-state index < -0.39 is 11.9 Å². The summed E-state index contributed by atoms with van der Waals surface area (Å²) in [4.78, 5) is 20.4. The maximum Gasteiger partial charge on any atom is 0.335 e. The molecule has 4 N–H and O–H groups in total. The fraction of sp³-hybridized carbons (Fsp3) is 0.364. The van der Waals surface area contributed by atoms with E-state index in [1.165, 1.54) is 0 Å². The van der Waals surface area contributed by atoms with Crippen molar-refractivity contribution in [3.05, 3.63) is 71.8 Å². The molecule has 0 fully saturated rings. The fourth-order valence-electron chi connectivity index (χ4n) is 2.11. The Hall–Kier alpha value is -2.70. The lowest BCUT2D eigenvalue weighted by Gasteiger charge is -2.10. The minimum atomic E-state index is -0.879. The van der Waals surface area contributed by atoms with E-state index >= 15 is 0 Å². The first-order valence-corrected chi connectivity index (χ1v) is 9.20. The molecular weight excluding hydrogens is 360 g/mol. The van der Waals surface area contributed by atoms with Crippen LogP contribution in [0.4, 0.5) is 0 Å². The Balaban J connectivity index is 0.000000391. The zero-order valence-corrected chi connectivity index (χ0v) is 16.4. The van der Waals surface area contributed by atoms with Crippen LogP contribution in [0.3, 0.4) is 0 Å². The van der Waals surface area contributed by atoms with Crippen molar-refractivity contribution in [2.24, 2.45) is 0 Å². The molecule has 28 heavy (non-hydrogen) atoms. The Labute approximate surface area is 166 Å². The minimum absolute atomic E-state index is 0.306. The second-order valence-electron chi connectivity index (χ2n) is 6.22. The number of carboxylic acid groups (broad SMARTS) is 2. The third-order valence-electron chi connectivity index (χ3n) is 3.55. The van der Waals surface area contributed by atoms with Crippen molar-refractivity contribution in [1.29, 1.82) is 0 Å². The van der Waals surface area contributed by atoms with Crippen LogP contribution in [0.1, 0.15) is 60.2 Å². The third kappa shape index (κ3) is 13.5. The van der Waals surface area contributed by atoms with Crippen molar-refractivity contribution < 1.29 is 30.0 Å². The van der Waals surface area contributed by atoms with Crippen LogP contribution in [0.25, 0.3) is 0 Å². The summed E-state index contributed by atoms with van der Waals surface area (Å²) in [6.07, 6.45) is 2.82. The van der Waals surface area contributed by atoms with Gasteiger partial charge in [-0.3, -0.25) is 0 Å². The van der Waals surface area contributed by atoms with E-state index in [9.17, 15) is 14.7 Å². The monoisotopic (exact) mass is 390 g/mol. The predicted octanol–water partition coefficient (Wildman–Crippen LogP) is 4.08. The molecule has 2 unspecified atom stereocenters. The molecule has 0 aliphatic heterocycles. The molecular formula is C22H30O6. The fourth-order valence-corrected chi connectivity index (χ4v) is 2.11. The summed E-state index contributed by atoms with van der Waals surface area (Å²) in [6, 6.07) is 16.6. The zero-order valence-electron chi connectivity index (χ0n) is 16.4. The summed E-state index contributed by atoms with van der Waals surface area (Å²) < 4.78 is 0. The van der Waals surface area contributed by atoms with E-state index in [1.54, 1.807) is 67.6 Å². The highest BCUT2D eigenvalue weighted by Gasteiger charge is 2.06. The molecule has 2 atom stereocenters. The molecule has 0 saturated heterocycles. The van der Waals surface area contributed by atoms with Crippen LogP contribution in [0.5, 0.6) is 0 Å². The summed E-state index contributed by atoms with van der Waals surface area (Å²) in [6.45, 7) is 3.80. The summed E-state index contributed by atoms with van der Waals surface area (Å²) in [7, 11) is 0. The Morgan fingerprint density at radius 3 is 1.46 bits per heavy atom. The first kappa shape index (κ1) is 25.3. The SMILES string of the molecule is CCCCC(O)CC(C)O.O=C(O)c1ccccc1.O=C(O)c1ccccc1.